The molecule has 3 nitrogen and oxygen atoms in total. The van der Waals surface area contributed by atoms with E-state index in [0.717, 1.165) is 13.1 Å². The van der Waals surface area contributed by atoms with Crippen molar-refractivity contribution in [2.24, 2.45) is 0 Å². The largest absolute Gasteiger partial charge is 0.395 e. The number of aliphatic hydroxyl groups is 1. The Hall–Kier alpha value is -0.320. The van der Waals surface area contributed by atoms with E-state index in [1.54, 1.807) is 0 Å². The van der Waals surface area contributed by atoms with Crippen molar-refractivity contribution < 1.29 is 5.11 Å². The zero-order valence-electron chi connectivity index (χ0n) is 11.1. The zero-order valence-corrected chi connectivity index (χ0v) is 12.8. The second-order valence-electron chi connectivity index (χ2n) is 4.75. The molecule has 0 spiro atoms. The van der Waals surface area contributed by atoms with E-state index in [1.807, 2.05) is 18.2 Å². The van der Waals surface area contributed by atoms with Gasteiger partial charge in [0.05, 0.1) is 6.61 Å². The topological polar surface area (TPSA) is 35.5 Å². The fraction of sp³-hybridized carbons (Fsp3) is 0.571. The van der Waals surface area contributed by atoms with Crippen LogP contribution in [-0.2, 0) is 6.54 Å². The van der Waals surface area contributed by atoms with Crippen molar-refractivity contribution in [1.29, 1.82) is 0 Å². The fourth-order valence-corrected chi connectivity index (χ4v) is 2.32. The number of hydrogen-bond acceptors (Lipinski definition) is 3. The summed E-state index contributed by atoms with van der Waals surface area (Å²) in [4.78, 5) is 2.43. The summed E-state index contributed by atoms with van der Waals surface area (Å²) in [6.07, 6.45) is 2.60. The number of rotatable bonds is 6. The standard InChI is InChI=1S/C14H22N2O.2ClH/c17-12-14(11-16-8-4-5-9-16)15-10-13-6-2-1-3-7-13;;/h1-3,6-7,14-15,17H,4-5,8-12H2;2*1H. The van der Waals surface area contributed by atoms with Gasteiger partial charge in [-0.3, -0.25) is 0 Å². The van der Waals surface area contributed by atoms with Crippen LogP contribution in [0, 0.1) is 0 Å². The first kappa shape index (κ1) is 18.7. The molecule has 0 amide bonds. The second kappa shape index (κ2) is 10.5. The molecule has 0 radical (unpaired) electrons. The maximum Gasteiger partial charge on any atom is 0.0597 e. The van der Waals surface area contributed by atoms with Gasteiger partial charge in [-0.05, 0) is 31.5 Å². The van der Waals surface area contributed by atoms with Crippen LogP contribution in [0.15, 0.2) is 30.3 Å². The highest BCUT2D eigenvalue weighted by Crippen LogP contribution is 2.08. The summed E-state index contributed by atoms with van der Waals surface area (Å²) < 4.78 is 0. The van der Waals surface area contributed by atoms with Crippen molar-refractivity contribution >= 4 is 24.8 Å². The molecule has 1 heterocycles. The normalized spacial score (nSPS) is 16.5. The Labute approximate surface area is 128 Å². The van der Waals surface area contributed by atoms with Crippen LogP contribution in [0.5, 0.6) is 0 Å². The molecule has 1 aliphatic heterocycles. The third-order valence-corrected chi connectivity index (χ3v) is 3.34. The van der Waals surface area contributed by atoms with Crippen molar-refractivity contribution in [1.82, 2.24) is 10.2 Å². The molecule has 1 saturated heterocycles. The number of nitrogens with one attached hydrogen (secondary N) is 1. The molecule has 0 aromatic heterocycles. The average molecular weight is 307 g/mol. The van der Waals surface area contributed by atoms with Crippen LogP contribution in [0.2, 0.25) is 0 Å². The van der Waals surface area contributed by atoms with E-state index in [9.17, 15) is 5.11 Å². The Balaban J connectivity index is 0.00000162. The van der Waals surface area contributed by atoms with Gasteiger partial charge in [-0.2, -0.15) is 0 Å². The van der Waals surface area contributed by atoms with E-state index in [2.05, 4.69) is 22.3 Å². The average Bonchev–Trinajstić information content (AvgIpc) is 2.88. The monoisotopic (exact) mass is 306 g/mol. The third-order valence-electron chi connectivity index (χ3n) is 3.34. The molecular weight excluding hydrogens is 283 g/mol. The molecule has 1 aromatic rings. The van der Waals surface area contributed by atoms with E-state index >= 15 is 0 Å². The van der Waals surface area contributed by atoms with Gasteiger partial charge in [0.25, 0.3) is 0 Å². The van der Waals surface area contributed by atoms with Gasteiger partial charge < -0.3 is 15.3 Å². The van der Waals surface area contributed by atoms with Crippen molar-refractivity contribution in [2.45, 2.75) is 25.4 Å². The second-order valence-corrected chi connectivity index (χ2v) is 4.75. The van der Waals surface area contributed by atoms with Crippen molar-refractivity contribution in [3.05, 3.63) is 35.9 Å². The van der Waals surface area contributed by atoms with Gasteiger partial charge in [0.15, 0.2) is 0 Å². The molecule has 0 bridgehead atoms. The Morgan fingerprint density at radius 1 is 1.11 bits per heavy atom. The third kappa shape index (κ3) is 6.59. The van der Waals surface area contributed by atoms with Gasteiger partial charge in [0.1, 0.15) is 0 Å². The summed E-state index contributed by atoms with van der Waals surface area (Å²) in [7, 11) is 0. The molecule has 1 aliphatic rings. The highest BCUT2D eigenvalue weighted by molar-refractivity contribution is 5.85. The van der Waals surface area contributed by atoms with E-state index in [-0.39, 0.29) is 37.5 Å². The first-order valence-electron chi connectivity index (χ1n) is 6.49. The van der Waals surface area contributed by atoms with Crippen LogP contribution in [0.3, 0.4) is 0 Å². The number of nitrogens with zero attached hydrogens (tertiary/aromatic N) is 1. The molecule has 2 rings (SSSR count). The smallest absolute Gasteiger partial charge is 0.0597 e. The molecule has 1 aromatic carbocycles. The van der Waals surface area contributed by atoms with Crippen LogP contribution in [-0.4, -0.2) is 42.3 Å². The summed E-state index contributed by atoms with van der Waals surface area (Å²) in [5.41, 5.74) is 1.27. The van der Waals surface area contributed by atoms with E-state index in [4.69, 9.17) is 0 Å². The minimum absolute atomic E-state index is 0. The maximum absolute atomic E-state index is 9.38. The van der Waals surface area contributed by atoms with Crippen LogP contribution in [0.25, 0.3) is 0 Å². The first-order valence-corrected chi connectivity index (χ1v) is 6.49. The lowest BCUT2D eigenvalue weighted by molar-refractivity contribution is 0.197. The number of aliphatic hydroxyl groups excluding tert-OH is 1. The lowest BCUT2D eigenvalue weighted by Gasteiger charge is -2.22. The van der Waals surface area contributed by atoms with Gasteiger partial charge in [-0.15, -0.1) is 24.8 Å². The predicted molar refractivity (Wildman–Crippen MR) is 84.3 cm³/mol. The summed E-state index contributed by atoms with van der Waals surface area (Å²) in [5.74, 6) is 0. The highest BCUT2D eigenvalue weighted by atomic mass is 35.5. The lowest BCUT2D eigenvalue weighted by atomic mass is 10.2. The molecular formula is C14H24Cl2N2O. The van der Waals surface area contributed by atoms with Crippen molar-refractivity contribution in [3.8, 4) is 0 Å². The van der Waals surface area contributed by atoms with Gasteiger partial charge in [-0.25, -0.2) is 0 Å². The summed E-state index contributed by atoms with van der Waals surface area (Å²) in [5, 5.41) is 12.8. The molecule has 0 saturated carbocycles. The van der Waals surface area contributed by atoms with Crippen molar-refractivity contribution in [2.75, 3.05) is 26.2 Å². The molecule has 1 atom stereocenters. The summed E-state index contributed by atoms with van der Waals surface area (Å²) in [6, 6.07) is 10.5. The molecule has 0 aliphatic carbocycles. The molecule has 1 unspecified atom stereocenters. The lowest BCUT2D eigenvalue weighted by Crippen LogP contribution is -2.42. The first-order chi connectivity index (χ1) is 8.38. The Bertz CT molecular complexity index is 318. The SMILES string of the molecule is Cl.Cl.OCC(CN1CCCC1)NCc1ccccc1. The van der Waals surface area contributed by atoms with Gasteiger partial charge in [0, 0.05) is 19.1 Å². The van der Waals surface area contributed by atoms with Gasteiger partial charge in [0.2, 0.25) is 0 Å². The van der Waals surface area contributed by atoms with E-state index < -0.39 is 0 Å². The maximum atomic E-state index is 9.38. The number of likely N-dealkylation sites (tertiary alicyclic amines) is 1. The molecule has 2 N–H and O–H groups in total. The van der Waals surface area contributed by atoms with Crippen LogP contribution >= 0.6 is 24.8 Å². The minimum atomic E-state index is 0. The van der Waals surface area contributed by atoms with Crippen molar-refractivity contribution in [3.63, 3.8) is 0 Å². The molecule has 19 heavy (non-hydrogen) atoms. The van der Waals surface area contributed by atoms with Crippen LogP contribution in [0.1, 0.15) is 18.4 Å². The highest BCUT2D eigenvalue weighted by Gasteiger charge is 2.16. The fourth-order valence-electron chi connectivity index (χ4n) is 2.32. The Morgan fingerprint density at radius 3 is 2.32 bits per heavy atom. The van der Waals surface area contributed by atoms with Gasteiger partial charge in [-0.1, -0.05) is 30.3 Å². The van der Waals surface area contributed by atoms with Crippen LogP contribution < -0.4 is 5.32 Å². The number of hydrogen-bond donors (Lipinski definition) is 2. The minimum Gasteiger partial charge on any atom is -0.395 e. The predicted octanol–water partition coefficient (Wildman–Crippen LogP) is 2.08. The molecule has 110 valence electrons. The number of halogens is 2. The number of benzene rings is 1. The summed E-state index contributed by atoms with van der Waals surface area (Å²) in [6.45, 7) is 4.37. The molecule has 5 heteroatoms. The Morgan fingerprint density at radius 2 is 1.74 bits per heavy atom. The van der Waals surface area contributed by atoms with Crippen LogP contribution in [0.4, 0.5) is 0 Å². The quantitative estimate of drug-likeness (QED) is 0.844. The Kier molecular flexibility index (Phi) is 10.3. The zero-order chi connectivity index (χ0) is 11.9. The van der Waals surface area contributed by atoms with Gasteiger partial charge >= 0.3 is 0 Å². The van der Waals surface area contributed by atoms with E-state index in [0.29, 0.717) is 0 Å². The van der Waals surface area contributed by atoms with E-state index in [1.165, 1.54) is 31.5 Å². The summed E-state index contributed by atoms with van der Waals surface area (Å²) >= 11 is 0. The molecule has 1 fully saturated rings.